The smallest absolute Gasteiger partial charge is 0.245 e. The first-order valence-electron chi connectivity index (χ1n) is 21.2. The van der Waals surface area contributed by atoms with Gasteiger partial charge in [-0.25, -0.2) is 0 Å². The zero-order valence-electron chi connectivity index (χ0n) is 37.0. The molecule has 0 saturated carbocycles. The van der Waals surface area contributed by atoms with Crippen LogP contribution in [0.3, 0.4) is 0 Å². The van der Waals surface area contributed by atoms with Crippen LogP contribution in [0.1, 0.15) is 138 Å². The Morgan fingerprint density at radius 3 is 1.62 bits per heavy atom. The number of carbonyl (C=O) groups excluding carboxylic acids is 9. The standard InChI is InChI=1S/C42H75N7O9/c1-10-11-12-13-14-15-16-22-35(51)44-26-24-39(55)48(8)29-40(56)47(7)27-38(54)46-33(20-17-18-25-43-36(52)23-19-21-34(50)30(2)3)42(58)49(9)28-37(53)45-32(6)41(57)31(4)5/h30-33H,10-29H2,1-9H3,(H,43,52)(H,44,51)(H,45,53)(H,46,54)/t32?,33-/m0/s1. The van der Waals surface area contributed by atoms with Gasteiger partial charge < -0.3 is 36.0 Å². The summed E-state index contributed by atoms with van der Waals surface area (Å²) < 4.78 is 0. The van der Waals surface area contributed by atoms with E-state index in [1.54, 1.807) is 20.8 Å². The summed E-state index contributed by atoms with van der Waals surface area (Å²) in [6.45, 7) is 10.2. The minimum Gasteiger partial charge on any atom is -0.356 e. The second-order valence-corrected chi connectivity index (χ2v) is 16.0. The van der Waals surface area contributed by atoms with Crippen molar-refractivity contribution in [2.75, 3.05) is 53.9 Å². The first-order chi connectivity index (χ1) is 27.3. The van der Waals surface area contributed by atoms with E-state index in [1.807, 2.05) is 13.8 Å². The summed E-state index contributed by atoms with van der Waals surface area (Å²) in [7, 11) is 4.27. The van der Waals surface area contributed by atoms with Crippen molar-refractivity contribution in [2.45, 2.75) is 150 Å². The number of ketones is 2. The van der Waals surface area contributed by atoms with Crippen molar-refractivity contribution in [3.05, 3.63) is 0 Å². The van der Waals surface area contributed by atoms with Gasteiger partial charge in [-0.3, -0.25) is 43.2 Å². The molecule has 0 aromatic rings. The topological polar surface area (TPSA) is 211 Å². The summed E-state index contributed by atoms with van der Waals surface area (Å²) >= 11 is 0. The van der Waals surface area contributed by atoms with Crippen molar-refractivity contribution in [3.8, 4) is 0 Å². The van der Waals surface area contributed by atoms with E-state index in [9.17, 15) is 43.2 Å². The molecular weight excluding hydrogens is 747 g/mol. The van der Waals surface area contributed by atoms with Crippen LogP contribution in [-0.2, 0) is 43.2 Å². The molecular formula is C42H75N7O9. The Labute approximate surface area is 347 Å². The molecule has 0 bridgehead atoms. The van der Waals surface area contributed by atoms with Gasteiger partial charge in [0.1, 0.15) is 11.8 Å². The van der Waals surface area contributed by atoms with Gasteiger partial charge in [-0.15, -0.1) is 0 Å². The van der Waals surface area contributed by atoms with Gasteiger partial charge in [-0.2, -0.15) is 0 Å². The zero-order valence-corrected chi connectivity index (χ0v) is 37.0. The van der Waals surface area contributed by atoms with Crippen LogP contribution in [0.4, 0.5) is 0 Å². The van der Waals surface area contributed by atoms with Gasteiger partial charge in [0.2, 0.25) is 41.4 Å². The van der Waals surface area contributed by atoms with E-state index in [0.29, 0.717) is 38.6 Å². The highest BCUT2D eigenvalue weighted by atomic mass is 16.2. The predicted molar refractivity (Wildman–Crippen MR) is 223 cm³/mol. The molecule has 0 rings (SSSR count). The molecule has 58 heavy (non-hydrogen) atoms. The number of nitrogens with zero attached hydrogens (tertiary/aromatic N) is 3. The molecule has 16 heteroatoms. The largest absolute Gasteiger partial charge is 0.356 e. The van der Waals surface area contributed by atoms with Crippen LogP contribution in [0.25, 0.3) is 0 Å². The molecule has 0 aromatic carbocycles. The third kappa shape index (κ3) is 25.1. The van der Waals surface area contributed by atoms with Crippen LogP contribution >= 0.6 is 0 Å². The van der Waals surface area contributed by atoms with Gasteiger partial charge in [0.05, 0.1) is 25.7 Å². The average molecular weight is 822 g/mol. The predicted octanol–water partition coefficient (Wildman–Crippen LogP) is 2.91. The monoisotopic (exact) mass is 822 g/mol. The fraction of sp³-hybridized carbons (Fsp3) is 0.786. The zero-order chi connectivity index (χ0) is 44.2. The first kappa shape index (κ1) is 53.6. The number of amides is 7. The Balaban J connectivity index is 5.14. The molecule has 0 aliphatic heterocycles. The third-order valence-electron chi connectivity index (χ3n) is 9.75. The molecule has 16 nitrogen and oxygen atoms in total. The number of Topliss-reactive ketones (excluding diaryl/α,β-unsaturated/α-hetero) is 2. The van der Waals surface area contributed by atoms with E-state index in [1.165, 1.54) is 51.7 Å². The van der Waals surface area contributed by atoms with Crippen LogP contribution in [0.15, 0.2) is 0 Å². The molecule has 0 aliphatic rings. The van der Waals surface area contributed by atoms with E-state index < -0.39 is 42.3 Å². The molecule has 0 aliphatic carbocycles. The van der Waals surface area contributed by atoms with Crippen molar-refractivity contribution >= 4 is 52.9 Å². The fourth-order valence-electron chi connectivity index (χ4n) is 5.96. The van der Waals surface area contributed by atoms with Crippen molar-refractivity contribution in [3.63, 3.8) is 0 Å². The van der Waals surface area contributed by atoms with E-state index in [4.69, 9.17) is 0 Å². The highest BCUT2D eigenvalue weighted by Gasteiger charge is 2.27. The van der Waals surface area contributed by atoms with Gasteiger partial charge in [0.15, 0.2) is 5.78 Å². The lowest BCUT2D eigenvalue weighted by molar-refractivity contribution is -0.141. The van der Waals surface area contributed by atoms with E-state index in [2.05, 4.69) is 28.2 Å². The van der Waals surface area contributed by atoms with Crippen molar-refractivity contribution in [2.24, 2.45) is 11.8 Å². The fourth-order valence-corrected chi connectivity index (χ4v) is 5.96. The number of nitrogens with one attached hydrogen (secondary N) is 4. The van der Waals surface area contributed by atoms with Gasteiger partial charge >= 0.3 is 0 Å². The first-order valence-corrected chi connectivity index (χ1v) is 21.2. The summed E-state index contributed by atoms with van der Waals surface area (Å²) in [5.41, 5.74) is 0. The summed E-state index contributed by atoms with van der Waals surface area (Å²) in [6.07, 6.45) is 10.2. The Morgan fingerprint density at radius 2 is 1.02 bits per heavy atom. The van der Waals surface area contributed by atoms with Crippen LogP contribution in [0.5, 0.6) is 0 Å². The second kappa shape index (κ2) is 30.7. The highest BCUT2D eigenvalue weighted by Crippen LogP contribution is 2.09. The maximum atomic E-state index is 13.5. The Bertz CT molecular complexity index is 1340. The number of hydrogen-bond acceptors (Lipinski definition) is 9. The molecule has 0 aromatic heterocycles. The molecule has 1 unspecified atom stereocenters. The van der Waals surface area contributed by atoms with Crippen LogP contribution in [0, 0.1) is 11.8 Å². The quantitative estimate of drug-likeness (QED) is 0.0734. The number of carbonyl (C=O) groups is 9. The minimum atomic E-state index is -1.06. The molecule has 4 N–H and O–H groups in total. The van der Waals surface area contributed by atoms with Gasteiger partial charge in [0, 0.05) is 71.8 Å². The Kier molecular flexibility index (Phi) is 28.4. The highest BCUT2D eigenvalue weighted by molar-refractivity contribution is 5.94. The van der Waals surface area contributed by atoms with Gasteiger partial charge in [-0.1, -0.05) is 73.1 Å². The lowest BCUT2D eigenvalue weighted by Crippen LogP contribution is -2.53. The maximum absolute atomic E-state index is 13.5. The summed E-state index contributed by atoms with van der Waals surface area (Å²) in [5.74, 6) is -3.32. The number of rotatable bonds is 32. The minimum absolute atomic E-state index is 0.0159. The molecule has 0 fully saturated rings. The second-order valence-electron chi connectivity index (χ2n) is 16.0. The third-order valence-corrected chi connectivity index (χ3v) is 9.75. The maximum Gasteiger partial charge on any atom is 0.245 e. The molecule has 0 spiro atoms. The Morgan fingerprint density at radius 1 is 0.483 bits per heavy atom. The molecule has 0 saturated heterocycles. The molecule has 0 heterocycles. The van der Waals surface area contributed by atoms with Crippen molar-refractivity contribution in [1.29, 1.82) is 0 Å². The SMILES string of the molecule is CCCCCCCCCC(=O)NCCC(=O)N(C)CC(=O)N(C)CC(=O)N[C@@H](CCCCNC(=O)CCCC(=O)C(C)C)C(=O)N(C)CC(=O)NC(C)C(=O)C(C)C. The van der Waals surface area contributed by atoms with Gasteiger partial charge in [-0.05, 0) is 39.0 Å². The van der Waals surface area contributed by atoms with E-state index in [0.717, 1.165) is 29.1 Å². The van der Waals surface area contributed by atoms with Gasteiger partial charge in [0.25, 0.3) is 0 Å². The Hall–Kier alpha value is -4.37. The van der Waals surface area contributed by atoms with Crippen LogP contribution < -0.4 is 21.3 Å². The normalized spacial score (nSPS) is 12.0. The number of hydrogen-bond donors (Lipinski definition) is 4. The molecule has 2 atom stereocenters. The van der Waals surface area contributed by atoms with Crippen LogP contribution in [0.2, 0.25) is 0 Å². The lowest BCUT2D eigenvalue weighted by Gasteiger charge is -2.26. The van der Waals surface area contributed by atoms with E-state index >= 15 is 0 Å². The van der Waals surface area contributed by atoms with Crippen molar-refractivity contribution in [1.82, 2.24) is 36.0 Å². The molecule has 332 valence electrons. The summed E-state index contributed by atoms with van der Waals surface area (Å²) in [6, 6.07) is -1.81. The van der Waals surface area contributed by atoms with E-state index in [-0.39, 0.29) is 80.0 Å². The number of unbranched alkanes of at least 4 members (excludes halogenated alkanes) is 7. The summed E-state index contributed by atoms with van der Waals surface area (Å²) in [5, 5.41) is 10.8. The number of likely N-dealkylation sites (N-methyl/N-ethyl adjacent to an activating group) is 3. The molecule has 0 radical (unpaired) electrons. The van der Waals surface area contributed by atoms with Crippen molar-refractivity contribution < 1.29 is 43.2 Å². The summed E-state index contributed by atoms with van der Waals surface area (Å²) in [4.78, 5) is 117. The average Bonchev–Trinajstić information content (AvgIpc) is 3.15. The molecule has 7 amide bonds. The van der Waals surface area contributed by atoms with Crippen LogP contribution in [-0.4, -0.2) is 134 Å². The lowest BCUT2D eigenvalue weighted by atomic mass is 10.0.